The number of furan rings is 1. The van der Waals surface area contributed by atoms with Crippen LogP contribution < -0.4 is 5.32 Å². The van der Waals surface area contributed by atoms with Crippen LogP contribution in [-0.4, -0.2) is 5.91 Å². The SMILES string of the molecule is Cc1cc2occ(CC(=O)Nc3cccc(C)c3C)c2cc1Cl. The van der Waals surface area contributed by atoms with Crippen molar-refractivity contribution in [2.24, 2.45) is 0 Å². The van der Waals surface area contributed by atoms with Crippen molar-refractivity contribution in [3.8, 4) is 0 Å². The second-order valence-electron chi connectivity index (χ2n) is 5.83. The Morgan fingerprint density at radius 1 is 1.17 bits per heavy atom. The van der Waals surface area contributed by atoms with Crippen molar-refractivity contribution in [2.75, 3.05) is 5.32 Å². The Kier molecular flexibility index (Phi) is 4.14. The van der Waals surface area contributed by atoms with E-state index in [4.69, 9.17) is 16.0 Å². The second kappa shape index (κ2) is 6.09. The third kappa shape index (κ3) is 3.10. The summed E-state index contributed by atoms with van der Waals surface area (Å²) < 4.78 is 5.54. The number of carbonyl (C=O) groups excluding carboxylic acids is 1. The summed E-state index contributed by atoms with van der Waals surface area (Å²) in [5, 5.41) is 4.53. The lowest BCUT2D eigenvalue weighted by Crippen LogP contribution is -2.15. The molecule has 0 aliphatic rings. The zero-order chi connectivity index (χ0) is 16.6. The molecule has 0 bridgehead atoms. The lowest BCUT2D eigenvalue weighted by Gasteiger charge is -2.10. The van der Waals surface area contributed by atoms with Crippen LogP contribution in [0, 0.1) is 20.8 Å². The summed E-state index contributed by atoms with van der Waals surface area (Å²) in [5.74, 6) is -0.0712. The average Bonchev–Trinajstić information content (AvgIpc) is 2.86. The van der Waals surface area contributed by atoms with Gasteiger partial charge in [0.25, 0.3) is 0 Å². The number of rotatable bonds is 3. The molecule has 3 rings (SSSR count). The number of hydrogen-bond donors (Lipinski definition) is 1. The third-order valence-corrected chi connectivity index (χ3v) is 4.57. The molecule has 1 N–H and O–H groups in total. The van der Waals surface area contributed by atoms with Gasteiger partial charge in [0.05, 0.1) is 12.7 Å². The molecule has 1 amide bonds. The van der Waals surface area contributed by atoms with Crippen LogP contribution in [0.1, 0.15) is 22.3 Å². The number of benzene rings is 2. The largest absolute Gasteiger partial charge is 0.464 e. The molecule has 4 heteroatoms. The second-order valence-corrected chi connectivity index (χ2v) is 6.24. The Morgan fingerprint density at radius 3 is 2.74 bits per heavy atom. The summed E-state index contributed by atoms with van der Waals surface area (Å²) in [6.45, 7) is 5.96. The van der Waals surface area contributed by atoms with Crippen molar-refractivity contribution in [2.45, 2.75) is 27.2 Å². The molecule has 1 heterocycles. The van der Waals surface area contributed by atoms with Crippen LogP contribution in [0.25, 0.3) is 11.0 Å². The number of carbonyl (C=O) groups is 1. The van der Waals surface area contributed by atoms with E-state index >= 15 is 0 Å². The Morgan fingerprint density at radius 2 is 1.96 bits per heavy atom. The zero-order valence-corrected chi connectivity index (χ0v) is 14.1. The fourth-order valence-corrected chi connectivity index (χ4v) is 2.76. The van der Waals surface area contributed by atoms with Gasteiger partial charge in [-0.25, -0.2) is 0 Å². The van der Waals surface area contributed by atoms with Gasteiger partial charge < -0.3 is 9.73 Å². The molecule has 23 heavy (non-hydrogen) atoms. The van der Waals surface area contributed by atoms with Crippen molar-refractivity contribution >= 4 is 34.2 Å². The Bertz CT molecular complexity index is 896. The number of hydrogen-bond acceptors (Lipinski definition) is 2. The number of halogens is 1. The van der Waals surface area contributed by atoms with E-state index in [1.165, 1.54) is 0 Å². The fourth-order valence-electron chi connectivity index (χ4n) is 2.59. The molecule has 0 unspecified atom stereocenters. The molecule has 0 aliphatic heterocycles. The molecular formula is C19H18ClNO2. The smallest absolute Gasteiger partial charge is 0.228 e. The molecule has 3 aromatic rings. The maximum atomic E-state index is 12.4. The highest BCUT2D eigenvalue weighted by molar-refractivity contribution is 6.32. The normalized spacial score (nSPS) is 11.0. The van der Waals surface area contributed by atoms with E-state index in [1.54, 1.807) is 6.26 Å². The van der Waals surface area contributed by atoms with Gasteiger partial charge in [-0.3, -0.25) is 4.79 Å². The average molecular weight is 328 g/mol. The van der Waals surface area contributed by atoms with Crippen molar-refractivity contribution in [1.82, 2.24) is 0 Å². The van der Waals surface area contributed by atoms with Gasteiger partial charge in [0.15, 0.2) is 0 Å². The van der Waals surface area contributed by atoms with Crippen molar-refractivity contribution in [3.63, 3.8) is 0 Å². The van der Waals surface area contributed by atoms with Gasteiger partial charge in [0.1, 0.15) is 5.58 Å². The molecule has 0 fully saturated rings. The molecule has 1 aromatic heterocycles. The van der Waals surface area contributed by atoms with E-state index in [0.717, 1.165) is 38.9 Å². The van der Waals surface area contributed by atoms with E-state index in [0.29, 0.717) is 5.02 Å². The van der Waals surface area contributed by atoms with Crippen LogP contribution in [0.4, 0.5) is 5.69 Å². The third-order valence-electron chi connectivity index (χ3n) is 4.16. The monoisotopic (exact) mass is 327 g/mol. The minimum absolute atomic E-state index is 0.0712. The molecule has 118 valence electrons. The summed E-state index contributed by atoms with van der Waals surface area (Å²) >= 11 is 6.18. The molecule has 0 aliphatic carbocycles. The van der Waals surface area contributed by atoms with Gasteiger partial charge in [0.2, 0.25) is 5.91 Å². The van der Waals surface area contributed by atoms with Gasteiger partial charge in [-0.15, -0.1) is 0 Å². The summed E-state index contributed by atoms with van der Waals surface area (Å²) in [4.78, 5) is 12.4. The van der Waals surface area contributed by atoms with E-state index in [1.807, 2.05) is 51.1 Å². The predicted molar refractivity (Wildman–Crippen MR) is 94.2 cm³/mol. The van der Waals surface area contributed by atoms with E-state index in [2.05, 4.69) is 5.32 Å². The lowest BCUT2D eigenvalue weighted by atomic mass is 10.1. The first-order chi connectivity index (χ1) is 11.0. The first-order valence-corrected chi connectivity index (χ1v) is 7.86. The maximum absolute atomic E-state index is 12.4. The van der Waals surface area contributed by atoms with Crippen molar-refractivity contribution < 1.29 is 9.21 Å². The van der Waals surface area contributed by atoms with Crippen LogP contribution in [0.3, 0.4) is 0 Å². The first-order valence-electron chi connectivity index (χ1n) is 7.48. The Labute approximate surface area is 140 Å². The lowest BCUT2D eigenvalue weighted by molar-refractivity contribution is -0.115. The van der Waals surface area contributed by atoms with Crippen molar-refractivity contribution in [1.29, 1.82) is 0 Å². The molecule has 0 radical (unpaired) electrons. The molecule has 0 saturated carbocycles. The highest BCUT2D eigenvalue weighted by Gasteiger charge is 2.13. The van der Waals surface area contributed by atoms with Gasteiger partial charge in [-0.2, -0.15) is 0 Å². The topological polar surface area (TPSA) is 42.2 Å². The standard InChI is InChI=1S/C19H18ClNO2/c1-11-5-4-6-17(13(11)3)21-19(22)8-14-10-23-18-7-12(2)16(20)9-15(14)18/h4-7,9-10H,8H2,1-3H3,(H,21,22). The molecular weight excluding hydrogens is 310 g/mol. The predicted octanol–water partition coefficient (Wildman–Crippen LogP) is 5.19. The van der Waals surface area contributed by atoms with E-state index in [9.17, 15) is 4.79 Å². The van der Waals surface area contributed by atoms with Crippen LogP contribution >= 0.6 is 11.6 Å². The Hall–Kier alpha value is -2.26. The number of anilines is 1. The van der Waals surface area contributed by atoms with Gasteiger partial charge in [0, 0.05) is 21.7 Å². The minimum atomic E-state index is -0.0712. The number of aryl methyl sites for hydroxylation is 2. The summed E-state index contributed by atoms with van der Waals surface area (Å²) in [6, 6.07) is 9.63. The number of nitrogens with one attached hydrogen (secondary N) is 1. The molecule has 0 saturated heterocycles. The van der Waals surface area contributed by atoms with Crippen LogP contribution in [0.5, 0.6) is 0 Å². The maximum Gasteiger partial charge on any atom is 0.228 e. The van der Waals surface area contributed by atoms with Gasteiger partial charge >= 0.3 is 0 Å². The molecule has 0 atom stereocenters. The van der Waals surface area contributed by atoms with E-state index < -0.39 is 0 Å². The number of amides is 1. The minimum Gasteiger partial charge on any atom is -0.464 e. The first kappa shape index (κ1) is 15.6. The van der Waals surface area contributed by atoms with Crippen LogP contribution in [0.2, 0.25) is 5.02 Å². The van der Waals surface area contributed by atoms with Gasteiger partial charge in [-0.05, 0) is 55.7 Å². The molecule has 3 nitrogen and oxygen atoms in total. The summed E-state index contributed by atoms with van der Waals surface area (Å²) in [7, 11) is 0. The van der Waals surface area contributed by atoms with Crippen molar-refractivity contribution in [3.05, 3.63) is 63.9 Å². The van der Waals surface area contributed by atoms with Gasteiger partial charge in [-0.1, -0.05) is 23.7 Å². The summed E-state index contributed by atoms with van der Waals surface area (Å²) in [6.07, 6.45) is 1.88. The summed E-state index contributed by atoms with van der Waals surface area (Å²) in [5.41, 5.74) is 5.62. The van der Waals surface area contributed by atoms with Crippen LogP contribution in [0.15, 0.2) is 41.0 Å². The highest BCUT2D eigenvalue weighted by atomic mass is 35.5. The zero-order valence-electron chi connectivity index (χ0n) is 13.4. The molecule has 0 spiro atoms. The quantitative estimate of drug-likeness (QED) is 0.719. The number of fused-ring (bicyclic) bond motifs is 1. The van der Waals surface area contributed by atoms with Crippen LogP contribution in [-0.2, 0) is 11.2 Å². The highest BCUT2D eigenvalue weighted by Crippen LogP contribution is 2.28. The molecule has 2 aromatic carbocycles. The Balaban J connectivity index is 1.83. The fraction of sp³-hybridized carbons (Fsp3) is 0.211. The van der Waals surface area contributed by atoms with E-state index in [-0.39, 0.29) is 12.3 Å².